The van der Waals surface area contributed by atoms with Crippen molar-refractivity contribution in [3.05, 3.63) is 94.1 Å². The molecule has 0 radical (unpaired) electrons. The van der Waals surface area contributed by atoms with Gasteiger partial charge in [0.2, 0.25) is 0 Å². The molecule has 0 fully saturated rings. The molecule has 0 unspecified atom stereocenters. The van der Waals surface area contributed by atoms with Crippen molar-refractivity contribution in [1.82, 2.24) is 0 Å². The molecule has 30 heavy (non-hydrogen) atoms. The van der Waals surface area contributed by atoms with Gasteiger partial charge in [-0.1, -0.05) is 52.3 Å². The van der Waals surface area contributed by atoms with Crippen molar-refractivity contribution in [2.75, 3.05) is 19.1 Å². The number of hydrogen-bond donors (Lipinski definition) is 0. The number of anilines is 1. The molecule has 1 amide bonds. The minimum absolute atomic E-state index is 0.204. The van der Waals surface area contributed by atoms with Gasteiger partial charge in [-0.25, -0.2) is 4.99 Å². The topological polar surface area (TPSA) is 51.1 Å². The zero-order chi connectivity index (χ0) is 21.1. The zero-order valence-corrected chi connectivity index (χ0v) is 18.1. The highest BCUT2D eigenvalue weighted by atomic mass is 79.9. The van der Waals surface area contributed by atoms with Crippen molar-refractivity contribution in [3.63, 3.8) is 0 Å². The van der Waals surface area contributed by atoms with E-state index in [1.165, 1.54) is 0 Å². The molecule has 1 heterocycles. The number of nitrogens with zero attached hydrogens (tertiary/aromatic N) is 2. The molecule has 0 aromatic heterocycles. The minimum atomic E-state index is -0.204. The summed E-state index contributed by atoms with van der Waals surface area (Å²) >= 11 is 3.49. The number of methoxy groups -OCH3 is 2. The molecular formula is C24H19BrN2O3. The first-order chi connectivity index (χ1) is 14.6. The third-order valence-corrected chi connectivity index (χ3v) is 5.18. The van der Waals surface area contributed by atoms with Gasteiger partial charge < -0.3 is 9.47 Å². The number of halogens is 1. The highest BCUT2D eigenvalue weighted by Crippen LogP contribution is 2.32. The average molecular weight is 463 g/mol. The maximum atomic E-state index is 13.4. The highest BCUT2D eigenvalue weighted by molar-refractivity contribution is 9.10. The van der Waals surface area contributed by atoms with Crippen LogP contribution >= 0.6 is 15.9 Å². The molecule has 0 saturated heterocycles. The SMILES string of the molecule is COc1ccc(/C=C2/N=C(c3ccccc3)N(c3cccc(Br)c3)C2=O)c(OC)c1. The van der Waals surface area contributed by atoms with Gasteiger partial charge in [-0.15, -0.1) is 0 Å². The van der Waals surface area contributed by atoms with Crippen LogP contribution in [0, 0.1) is 0 Å². The van der Waals surface area contributed by atoms with E-state index in [0.717, 1.165) is 21.3 Å². The summed E-state index contributed by atoms with van der Waals surface area (Å²) in [6, 6.07) is 22.7. The monoisotopic (exact) mass is 462 g/mol. The molecule has 0 N–H and O–H groups in total. The largest absolute Gasteiger partial charge is 0.497 e. The molecule has 5 nitrogen and oxygen atoms in total. The van der Waals surface area contributed by atoms with Crippen molar-refractivity contribution in [2.45, 2.75) is 0 Å². The summed E-state index contributed by atoms with van der Waals surface area (Å²) in [7, 11) is 3.18. The van der Waals surface area contributed by atoms with Crippen LogP contribution in [-0.2, 0) is 4.79 Å². The van der Waals surface area contributed by atoms with E-state index in [9.17, 15) is 4.79 Å². The van der Waals surface area contributed by atoms with E-state index in [0.29, 0.717) is 23.0 Å². The molecule has 150 valence electrons. The number of benzene rings is 3. The van der Waals surface area contributed by atoms with Gasteiger partial charge >= 0.3 is 0 Å². The first-order valence-electron chi connectivity index (χ1n) is 9.28. The van der Waals surface area contributed by atoms with Crippen molar-refractivity contribution in [1.29, 1.82) is 0 Å². The Hall–Kier alpha value is -3.38. The lowest BCUT2D eigenvalue weighted by molar-refractivity contribution is -0.113. The normalized spacial score (nSPS) is 14.8. The first kappa shape index (κ1) is 19.9. The maximum absolute atomic E-state index is 13.4. The molecule has 6 heteroatoms. The van der Waals surface area contributed by atoms with Gasteiger partial charge in [0.05, 0.1) is 19.9 Å². The summed E-state index contributed by atoms with van der Waals surface area (Å²) in [5, 5.41) is 0. The van der Waals surface area contributed by atoms with Crippen LogP contribution in [0.5, 0.6) is 11.5 Å². The van der Waals surface area contributed by atoms with Crippen molar-refractivity contribution < 1.29 is 14.3 Å². The molecule has 3 aromatic rings. The Labute approximate surface area is 183 Å². The van der Waals surface area contributed by atoms with Crippen LogP contribution in [-0.4, -0.2) is 26.0 Å². The molecule has 4 rings (SSSR count). The minimum Gasteiger partial charge on any atom is -0.497 e. The van der Waals surface area contributed by atoms with Crippen molar-refractivity contribution >= 4 is 39.4 Å². The number of amidine groups is 1. The number of ether oxygens (including phenoxy) is 2. The Morgan fingerprint density at radius 3 is 2.43 bits per heavy atom. The average Bonchev–Trinajstić information content (AvgIpc) is 3.10. The van der Waals surface area contributed by atoms with E-state index < -0.39 is 0 Å². The summed E-state index contributed by atoms with van der Waals surface area (Å²) in [5.74, 6) is 1.66. The third-order valence-electron chi connectivity index (χ3n) is 4.69. The van der Waals surface area contributed by atoms with Gasteiger partial charge in [-0.2, -0.15) is 0 Å². The van der Waals surface area contributed by atoms with Gasteiger partial charge in [0, 0.05) is 21.7 Å². The number of aliphatic imine (C=N–C) groups is 1. The second-order valence-electron chi connectivity index (χ2n) is 6.56. The lowest BCUT2D eigenvalue weighted by Gasteiger charge is -2.18. The van der Waals surface area contributed by atoms with Crippen LogP contribution in [0.25, 0.3) is 6.08 Å². The van der Waals surface area contributed by atoms with Crippen LogP contribution in [0.4, 0.5) is 5.69 Å². The van der Waals surface area contributed by atoms with E-state index in [1.807, 2.05) is 66.7 Å². The molecular weight excluding hydrogens is 444 g/mol. The summed E-state index contributed by atoms with van der Waals surface area (Å²) in [4.78, 5) is 19.7. The number of rotatable bonds is 5. The number of carbonyl (C=O) groups excluding carboxylic acids is 1. The summed E-state index contributed by atoms with van der Waals surface area (Å²) in [5.41, 5.74) is 2.67. The molecule has 3 aromatic carbocycles. The van der Waals surface area contributed by atoms with E-state index in [2.05, 4.69) is 15.9 Å². The van der Waals surface area contributed by atoms with E-state index in [-0.39, 0.29) is 5.91 Å². The number of hydrogen-bond acceptors (Lipinski definition) is 4. The molecule has 0 bridgehead atoms. The van der Waals surface area contributed by atoms with E-state index in [4.69, 9.17) is 14.5 Å². The molecule has 1 aliphatic rings. The Morgan fingerprint density at radius 2 is 1.73 bits per heavy atom. The van der Waals surface area contributed by atoms with Gasteiger partial charge in [0.1, 0.15) is 23.0 Å². The fraction of sp³-hybridized carbons (Fsp3) is 0.0833. The fourth-order valence-corrected chi connectivity index (χ4v) is 3.62. The third kappa shape index (κ3) is 3.86. The zero-order valence-electron chi connectivity index (χ0n) is 16.5. The Kier molecular flexibility index (Phi) is 5.68. The lowest BCUT2D eigenvalue weighted by atomic mass is 10.1. The van der Waals surface area contributed by atoms with Crippen molar-refractivity contribution in [3.8, 4) is 11.5 Å². The van der Waals surface area contributed by atoms with Gasteiger partial charge in [0.25, 0.3) is 5.91 Å². The Balaban J connectivity index is 1.83. The molecule has 1 aliphatic heterocycles. The van der Waals surface area contributed by atoms with Crippen LogP contribution in [0.15, 0.2) is 88.0 Å². The van der Waals surface area contributed by atoms with Crippen LogP contribution in [0.3, 0.4) is 0 Å². The van der Waals surface area contributed by atoms with E-state index >= 15 is 0 Å². The van der Waals surface area contributed by atoms with Gasteiger partial charge in [-0.3, -0.25) is 9.69 Å². The van der Waals surface area contributed by atoms with E-state index in [1.54, 1.807) is 31.3 Å². The standard InChI is InChI=1S/C24H19BrN2O3/c1-29-20-12-11-17(22(15-20)30-2)13-21-24(28)27(19-10-6-9-18(25)14-19)23(26-21)16-7-4-3-5-8-16/h3-15H,1-2H3/b21-13+. The molecule has 0 aliphatic carbocycles. The predicted molar refractivity (Wildman–Crippen MR) is 122 cm³/mol. The second kappa shape index (κ2) is 8.55. The first-order valence-corrected chi connectivity index (χ1v) is 10.1. The Morgan fingerprint density at radius 1 is 0.933 bits per heavy atom. The van der Waals surface area contributed by atoms with Gasteiger partial charge in [0.15, 0.2) is 0 Å². The molecule has 0 spiro atoms. The summed E-state index contributed by atoms with van der Waals surface area (Å²) in [6.45, 7) is 0. The van der Waals surface area contributed by atoms with Crippen molar-refractivity contribution in [2.24, 2.45) is 4.99 Å². The van der Waals surface area contributed by atoms with Crippen LogP contribution in [0.1, 0.15) is 11.1 Å². The quantitative estimate of drug-likeness (QED) is 0.483. The van der Waals surface area contributed by atoms with Crippen LogP contribution in [0.2, 0.25) is 0 Å². The summed E-state index contributed by atoms with van der Waals surface area (Å²) in [6.07, 6.45) is 1.74. The molecule has 0 saturated carbocycles. The van der Waals surface area contributed by atoms with Crippen LogP contribution < -0.4 is 14.4 Å². The maximum Gasteiger partial charge on any atom is 0.282 e. The van der Waals surface area contributed by atoms with Gasteiger partial charge in [-0.05, 0) is 36.4 Å². The Bertz CT molecular complexity index is 1160. The molecule has 0 atom stereocenters. The second-order valence-corrected chi connectivity index (χ2v) is 7.48. The highest BCUT2D eigenvalue weighted by Gasteiger charge is 2.32. The number of amides is 1. The summed E-state index contributed by atoms with van der Waals surface area (Å²) < 4.78 is 11.6. The smallest absolute Gasteiger partial charge is 0.282 e. The lowest BCUT2D eigenvalue weighted by Crippen LogP contribution is -2.32. The fourth-order valence-electron chi connectivity index (χ4n) is 3.24. The number of carbonyl (C=O) groups is 1. The predicted octanol–water partition coefficient (Wildman–Crippen LogP) is 5.30.